The van der Waals surface area contributed by atoms with Gasteiger partial charge in [-0.2, -0.15) is 0 Å². The van der Waals surface area contributed by atoms with Gasteiger partial charge in [0.05, 0.1) is 47.0 Å². The molecule has 8 rings (SSSR count). The van der Waals surface area contributed by atoms with Gasteiger partial charge < -0.3 is 20.4 Å². The van der Waals surface area contributed by atoms with E-state index in [1.165, 1.54) is 34.3 Å². The van der Waals surface area contributed by atoms with Crippen molar-refractivity contribution in [3.8, 4) is 0 Å². The molecule has 2 N–H and O–H groups in total. The summed E-state index contributed by atoms with van der Waals surface area (Å²) >= 11 is 20.4. The monoisotopic (exact) mass is 1090 g/mol. The lowest BCUT2D eigenvalue weighted by molar-refractivity contribution is 0.0660. The quantitative estimate of drug-likeness (QED) is 0.150. The van der Waals surface area contributed by atoms with Crippen LogP contribution in [0, 0.1) is 0 Å². The minimum atomic E-state index is -4.17. The Morgan fingerprint density at radius 3 is 1.35 bits per heavy atom. The lowest BCUT2D eigenvalue weighted by atomic mass is 10.2. The number of benzene rings is 4. The Balaban J connectivity index is 0.000000186. The molecular weight excluding hydrogens is 1060 g/mol. The number of carbonyl (C=O) groups excluding carboxylic acids is 2. The molecule has 0 saturated carbocycles. The van der Waals surface area contributed by atoms with Crippen molar-refractivity contribution in [3.05, 3.63) is 150 Å². The van der Waals surface area contributed by atoms with Crippen LogP contribution >= 0.6 is 77.7 Å². The third-order valence-corrected chi connectivity index (χ3v) is 18.6. The smallest absolute Gasteiger partial charge is 0.278 e. The first-order valence-corrected chi connectivity index (χ1v) is 25.5. The average molecular weight is 1090 g/mol. The minimum Gasteiger partial charge on any atom is -0.346 e. The van der Waals surface area contributed by atoms with Crippen molar-refractivity contribution in [2.45, 2.75) is 10.0 Å². The first-order chi connectivity index (χ1) is 29.4. The highest BCUT2D eigenvalue weighted by Crippen LogP contribution is 2.43. The summed E-state index contributed by atoms with van der Waals surface area (Å²) in [5, 5.41) is 1.80. The van der Waals surface area contributed by atoms with Gasteiger partial charge in [0.25, 0.3) is 21.8 Å². The van der Waals surface area contributed by atoms with Crippen LogP contribution in [0.5, 0.6) is 0 Å². The maximum absolute atomic E-state index is 16.0. The molecule has 2 aromatic heterocycles. The summed E-state index contributed by atoms with van der Waals surface area (Å²) in [6.07, 6.45) is 2.78. The number of carbonyl (C=O) groups is 2. The maximum Gasteiger partial charge on any atom is 0.278 e. The minimum absolute atomic E-state index is 0.110. The molecule has 2 fully saturated rings. The second-order valence-electron chi connectivity index (χ2n) is 13.8. The number of hydrogen-bond acceptors (Lipinski definition) is 12. The number of alkyl halides is 2. The van der Waals surface area contributed by atoms with E-state index >= 15 is 8.78 Å². The van der Waals surface area contributed by atoms with Crippen LogP contribution < -0.4 is 10.6 Å². The van der Waals surface area contributed by atoms with Crippen LogP contribution in [0.4, 0.5) is 30.2 Å². The van der Waals surface area contributed by atoms with Gasteiger partial charge in [0.1, 0.15) is 20.0 Å². The van der Waals surface area contributed by atoms with Gasteiger partial charge in [-0.1, -0.05) is 82.3 Å². The summed E-state index contributed by atoms with van der Waals surface area (Å²) in [5.74, 6) is -1.99. The topological polar surface area (TPSA) is 159 Å². The fraction of sp³-hybridized carbons (Fsp3) is 0.200. The summed E-state index contributed by atoms with van der Waals surface area (Å²) in [6.45, 7) is -1.50. The molecule has 0 unspecified atom stereocenters. The highest BCUT2D eigenvalue weighted by molar-refractivity contribution is 9.10. The van der Waals surface area contributed by atoms with Gasteiger partial charge in [-0.05, 0) is 92.5 Å². The van der Waals surface area contributed by atoms with Crippen molar-refractivity contribution < 1.29 is 35.2 Å². The Morgan fingerprint density at radius 1 is 0.629 bits per heavy atom. The number of thiazole rings is 2. The van der Waals surface area contributed by atoms with Crippen LogP contribution in [0.25, 0.3) is 0 Å². The van der Waals surface area contributed by atoms with Crippen LogP contribution in [0.15, 0.2) is 118 Å². The van der Waals surface area contributed by atoms with Crippen molar-refractivity contribution in [1.29, 1.82) is 0 Å². The predicted molar refractivity (Wildman–Crippen MR) is 247 cm³/mol. The lowest BCUT2D eigenvalue weighted by Gasteiger charge is -2.35. The molecule has 2 aliphatic rings. The molecule has 4 aromatic carbocycles. The molecular formula is C40H32Br2Cl2F2N6O6S4. The molecule has 6 aromatic rings. The number of halogens is 6. The number of aromatic nitrogens is 2. The second-order valence-corrected chi connectivity index (χ2v) is 23.0. The van der Waals surface area contributed by atoms with Gasteiger partial charge >= 0.3 is 0 Å². The Bertz CT molecular complexity index is 2670. The summed E-state index contributed by atoms with van der Waals surface area (Å²) in [4.78, 5) is 36.2. The molecule has 0 aliphatic carbocycles. The highest BCUT2D eigenvalue weighted by Gasteiger charge is 2.55. The van der Waals surface area contributed by atoms with E-state index in [9.17, 15) is 26.4 Å². The van der Waals surface area contributed by atoms with Gasteiger partial charge in [-0.3, -0.25) is 9.59 Å². The average Bonchev–Trinajstić information content (AvgIpc) is 3.93. The van der Waals surface area contributed by atoms with E-state index in [4.69, 9.17) is 23.2 Å². The molecule has 0 bridgehead atoms. The van der Waals surface area contributed by atoms with Crippen molar-refractivity contribution in [2.75, 3.05) is 48.3 Å². The second kappa shape index (κ2) is 18.6. The van der Waals surface area contributed by atoms with Crippen LogP contribution in [-0.2, 0) is 29.7 Å². The third kappa shape index (κ3) is 9.71. The van der Waals surface area contributed by atoms with E-state index in [2.05, 4.69) is 52.5 Å². The molecule has 2 aliphatic heterocycles. The largest absolute Gasteiger partial charge is 0.346 e. The van der Waals surface area contributed by atoms with Gasteiger partial charge in [-0.25, -0.2) is 35.6 Å². The van der Waals surface area contributed by atoms with Gasteiger partial charge in [0, 0.05) is 44.5 Å². The molecule has 12 nitrogen and oxygen atoms in total. The zero-order valence-electron chi connectivity index (χ0n) is 31.8. The van der Waals surface area contributed by atoms with Crippen molar-refractivity contribution in [2.24, 2.45) is 0 Å². The van der Waals surface area contributed by atoms with E-state index in [-0.39, 0.29) is 34.2 Å². The molecule has 0 spiro atoms. The molecule has 62 heavy (non-hydrogen) atoms. The summed E-state index contributed by atoms with van der Waals surface area (Å²) in [5.41, 5.74) is 2.03. The van der Waals surface area contributed by atoms with Gasteiger partial charge in [0.2, 0.25) is 0 Å². The van der Waals surface area contributed by atoms with E-state index in [0.717, 1.165) is 34.0 Å². The number of nitrogens with one attached hydrogen (secondary N) is 2. The van der Waals surface area contributed by atoms with E-state index in [1.807, 2.05) is 60.7 Å². The van der Waals surface area contributed by atoms with Crippen LogP contribution in [0.2, 0.25) is 10.0 Å². The number of para-hydroxylation sites is 2. The highest BCUT2D eigenvalue weighted by atomic mass is 79.9. The fourth-order valence-corrected chi connectivity index (χ4v) is 12.7. The summed E-state index contributed by atoms with van der Waals surface area (Å²) < 4.78 is 84.0. The van der Waals surface area contributed by atoms with Gasteiger partial charge in [0.15, 0.2) is 19.7 Å². The zero-order chi connectivity index (χ0) is 44.5. The molecule has 2 atom stereocenters. The van der Waals surface area contributed by atoms with Crippen molar-refractivity contribution >= 4 is 131 Å². The predicted octanol–water partition coefficient (Wildman–Crippen LogP) is 9.99. The van der Waals surface area contributed by atoms with E-state index in [0.29, 0.717) is 29.0 Å². The van der Waals surface area contributed by atoms with Gasteiger partial charge in [-0.15, -0.1) is 0 Å². The number of amides is 2. The number of rotatable bonds is 8. The number of hydrogen-bond donors (Lipinski definition) is 2. The molecule has 2 saturated heterocycles. The van der Waals surface area contributed by atoms with Crippen LogP contribution in [-0.4, -0.2) is 86.1 Å². The van der Waals surface area contributed by atoms with Crippen LogP contribution in [0.3, 0.4) is 0 Å². The van der Waals surface area contributed by atoms with Crippen molar-refractivity contribution in [1.82, 2.24) is 19.8 Å². The fourth-order valence-electron chi connectivity index (χ4n) is 6.34. The molecule has 0 radical (unpaired) electrons. The lowest BCUT2D eigenvalue weighted by Crippen LogP contribution is -2.53. The first kappa shape index (κ1) is 46.0. The normalized spacial score (nSPS) is 20.4. The first-order valence-electron chi connectivity index (χ1n) is 18.3. The summed E-state index contributed by atoms with van der Waals surface area (Å²) in [7, 11) is -8.35. The Hall–Kier alpha value is -4.02. The Labute approximate surface area is 390 Å². The number of sulfone groups is 2. The molecule has 22 heteroatoms. The third-order valence-electron chi connectivity index (χ3n) is 9.67. The molecule has 4 heterocycles. The Kier molecular flexibility index (Phi) is 13.8. The SMILES string of the molecule is O=C(c1ccc(Br)c(Cl)c1)N1CCS(=O)(=O)[C@@](F)(c2ncc(Nc3ccccc3)s2)C1.O=C(c1ccc(Br)c(Cl)c1)N1CCS(=O)(=O)[C@](F)(c2ncc(Nc3ccccc3)s2)C1. The van der Waals surface area contributed by atoms with Crippen molar-refractivity contribution in [3.63, 3.8) is 0 Å². The zero-order valence-corrected chi connectivity index (χ0v) is 39.7. The standard InChI is InChI=1S/2C20H16BrClFN3O3S2/c2*21-15-7-6-13(10-16(15)22)18(27)26-8-9-31(28,29)20(23,12-26)19-24-11-17(30-19)25-14-4-2-1-3-5-14/h2*1-7,10-11,25H,8-9,12H2/t2*20-/m10/s1. The maximum atomic E-state index is 16.0. The number of nitrogens with zero attached hydrogens (tertiary/aromatic N) is 4. The number of anilines is 4. The van der Waals surface area contributed by atoms with E-state index < -0.39 is 66.1 Å². The molecule has 324 valence electrons. The molecule has 2 amide bonds. The Morgan fingerprint density at radius 2 is 1.00 bits per heavy atom. The van der Waals surface area contributed by atoms with Crippen LogP contribution in [0.1, 0.15) is 30.7 Å². The van der Waals surface area contributed by atoms with E-state index in [1.54, 1.807) is 24.3 Å². The summed E-state index contributed by atoms with van der Waals surface area (Å²) in [6, 6.07) is 27.6.